The number of aromatic amines is 1. The van der Waals surface area contributed by atoms with E-state index in [1.165, 1.54) is 0 Å². The zero-order valence-corrected chi connectivity index (χ0v) is 14.8. The second-order valence-electron chi connectivity index (χ2n) is 7.26. The molecule has 1 aromatic carbocycles. The summed E-state index contributed by atoms with van der Waals surface area (Å²) < 4.78 is 0. The molecule has 0 saturated carbocycles. The summed E-state index contributed by atoms with van der Waals surface area (Å²) in [5.74, 6) is -0.191. The van der Waals surface area contributed by atoms with Crippen molar-refractivity contribution in [2.75, 3.05) is 0 Å². The number of benzene rings is 1. The highest BCUT2D eigenvalue weighted by Gasteiger charge is 2.17. The summed E-state index contributed by atoms with van der Waals surface area (Å²) in [5, 5.41) is 3.87. The van der Waals surface area contributed by atoms with E-state index in [1.54, 1.807) is 12.1 Å². The van der Waals surface area contributed by atoms with Crippen LogP contribution in [0.5, 0.6) is 0 Å². The Morgan fingerprint density at radius 1 is 1.16 bits per heavy atom. The molecule has 0 bridgehead atoms. The summed E-state index contributed by atoms with van der Waals surface area (Å²) in [4.78, 5) is 30.9. The molecular formula is C20H21N3O2. The fraction of sp³-hybridized carbons (Fsp3) is 0.250. The van der Waals surface area contributed by atoms with E-state index >= 15 is 0 Å². The lowest BCUT2D eigenvalue weighted by molar-refractivity contribution is 0.0914. The third-order valence-electron chi connectivity index (χ3n) is 3.76. The maximum Gasteiger partial charge on any atom is 0.270 e. The molecule has 0 unspecified atom stereocenters. The molecule has 0 saturated heterocycles. The number of aryl methyl sites for hydroxylation is 1. The van der Waals surface area contributed by atoms with Crippen LogP contribution in [0, 0.1) is 6.92 Å². The zero-order chi connectivity index (χ0) is 18.2. The van der Waals surface area contributed by atoms with Gasteiger partial charge in [-0.25, -0.2) is 4.98 Å². The lowest BCUT2D eigenvalue weighted by atomic mass is 10.1. The van der Waals surface area contributed by atoms with E-state index < -0.39 is 0 Å². The Morgan fingerprint density at radius 2 is 1.92 bits per heavy atom. The second-order valence-corrected chi connectivity index (χ2v) is 7.26. The number of nitrogens with one attached hydrogen (secondary N) is 2. The van der Waals surface area contributed by atoms with Crippen molar-refractivity contribution < 1.29 is 9.59 Å². The lowest BCUT2D eigenvalue weighted by Crippen LogP contribution is -2.41. The minimum Gasteiger partial charge on any atom is -0.352 e. The van der Waals surface area contributed by atoms with E-state index in [0.29, 0.717) is 11.4 Å². The monoisotopic (exact) mass is 335 g/mol. The highest BCUT2D eigenvalue weighted by atomic mass is 16.2. The van der Waals surface area contributed by atoms with Crippen molar-refractivity contribution in [1.82, 2.24) is 15.3 Å². The number of carbonyl (C=O) groups excluding carboxylic acids is 2. The van der Waals surface area contributed by atoms with E-state index in [4.69, 9.17) is 0 Å². The van der Waals surface area contributed by atoms with E-state index in [0.717, 1.165) is 34.0 Å². The number of aldehydes is 1. The average molecular weight is 335 g/mol. The summed E-state index contributed by atoms with van der Waals surface area (Å²) in [6.45, 7) is 7.75. The van der Waals surface area contributed by atoms with Gasteiger partial charge in [0.2, 0.25) is 0 Å². The van der Waals surface area contributed by atoms with Crippen LogP contribution in [-0.2, 0) is 0 Å². The second kappa shape index (κ2) is 6.16. The maximum absolute atomic E-state index is 12.4. The van der Waals surface area contributed by atoms with Crippen LogP contribution in [-0.4, -0.2) is 27.7 Å². The molecule has 0 aliphatic heterocycles. The van der Waals surface area contributed by atoms with Crippen molar-refractivity contribution in [3.05, 3.63) is 53.3 Å². The van der Waals surface area contributed by atoms with E-state index in [-0.39, 0.29) is 11.4 Å². The first-order valence-electron chi connectivity index (χ1n) is 8.15. The van der Waals surface area contributed by atoms with Gasteiger partial charge in [-0.05, 0) is 63.6 Å². The number of hydrogen-bond acceptors (Lipinski definition) is 3. The Labute approximate surface area is 146 Å². The summed E-state index contributed by atoms with van der Waals surface area (Å²) in [7, 11) is 0. The number of pyridine rings is 1. The van der Waals surface area contributed by atoms with Crippen molar-refractivity contribution in [3.63, 3.8) is 0 Å². The van der Waals surface area contributed by atoms with Crippen molar-refractivity contribution in [2.24, 2.45) is 0 Å². The Morgan fingerprint density at radius 3 is 2.60 bits per heavy atom. The molecule has 2 heterocycles. The quantitative estimate of drug-likeness (QED) is 0.713. The number of nitrogens with zero attached hydrogens (tertiary/aromatic N) is 1. The first-order valence-corrected chi connectivity index (χ1v) is 8.15. The Balaban J connectivity index is 2.02. The molecule has 0 spiro atoms. The van der Waals surface area contributed by atoms with Gasteiger partial charge in [0.05, 0.1) is 11.4 Å². The average Bonchev–Trinajstić information content (AvgIpc) is 2.94. The minimum absolute atomic E-state index is 0.191. The van der Waals surface area contributed by atoms with Gasteiger partial charge in [0.1, 0.15) is 5.69 Å². The van der Waals surface area contributed by atoms with E-state index in [9.17, 15) is 9.59 Å². The van der Waals surface area contributed by atoms with Crippen LogP contribution in [0.25, 0.3) is 22.2 Å². The third-order valence-corrected chi connectivity index (χ3v) is 3.76. The first kappa shape index (κ1) is 16.9. The fourth-order valence-corrected chi connectivity index (χ4v) is 2.71. The van der Waals surface area contributed by atoms with Gasteiger partial charge in [-0.1, -0.05) is 6.07 Å². The number of fused-ring (bicyclic) bond motifs is 1. The normalized spacial score (nSPS) is 11.5. The number of amides is 1. The van der Waals surface area contributed by atoms with Gasteiger partial charge in [0.25, 0.3) is 5.91 Å². The van der Waals surface area contributed by atoms with Crippen molar-refractivity contribution in [3.8, 4) is 11.3 Å². The van der Waals surface area contributed by atoms with Gasteiger partial charge in [0, 0.05) is 22.0 Å². The standard InChI is InChI=1S/C20H21N3O2/c1-12-7-17(22-18(8-12)19(25)23-20(2,3)4)13-5-6-16-14(9-13)10-15(11-24)21-16/h5-11,21H,1-4H3,(H,23,25). The smallest absolute Gasteiger partial charge is 0.270 e. The summed E-state index contributed by atoms with van der Waals surface area (Å²) in [5.41, 5.74) is 4.10. The number of carbonyl (C=O) groups is 2. The maximum atomic E-state index is 12.4. The minimum atomic E-state index is -0.321. The molecule has 0 radical (unpaired) electrons. The highest BCUT2D eigenvalue weighted by Crippen LogP contribution is 2.24. The molecule has 3 rings (SSSR count). The van der Waals surface area contributed by atoms with Gasteiger partial charge < -0.3 is 10.3 Å². The molecule has 2 N–H and O–H groups in total. The van der Waals surface area contributed by atoms with Gasteiger partial charge in [0.15, 0.2) is 6.29 Å². The number of hydrogen-bond donors (Lipinski definition) is 2. The number of rotatable bonds is 3. The fourth-order valence-electron chi connectivity index (χ4n) is 2.71. The molecule has 5 heteroatoms. The number of aromatic nitrogens is 2. The van der Waals surface area contributed by atoms with Crippen LogP contribution >= 0.6 is 0 Å². The molecule has 5 nitrogen and oxygen atoms in total. The first-order chi connectivity index (χ1) is 11.7. The largest absolute Gasteiger partial charge is 0.352 e. The summed E-state index contributed by atoms with van der Waals surface area (Å²) in [6, 6.07) is 11.3. The van der Waals surface area contributed by atoms with E-state index in [1.807, 2.05) is 52.0 Å². The molecule has 3 aromatic rings. The van der Waals surface area contributed by atoms with Crippen molar-refractivity contribution in [1.29, 1.82) is 0 Å². The van der Waals surface area contributed by atoms with Crippen LogP contribution < -0.4 is 5.32 Å². The van der Waals surface area contributed by atoms with Crippen LogP contribution in [0.1, 0.15) is 47.3 Å². The predicted molar refractivity (Wildman–Crippen MR) is 98.9 cm³/mol. The Kier molecular flexibility index (Phi) is 4.17. The van der Waals surface area contributed by atoms with Gasteiger partial charge in [-0.2, -0.15) is 0 Å². The summed E-state index contributed by atoms with van der Waals surface area (Å²) >= 11 is 0. The highest BCUT2D eigenvalue weighted by molar-refractivity contribution is 5.94. The molecule has 0 atom stereocenters. The topological polar surface area (TPSA) is 74.8 Å². The molecule has 0 fully saturated rings. The third kappa shape index (κ3) is 3.76. The molecule has 0 aliphatic carbocycles. The summed E-state index contributed by atoms with van der Waals surface area (Å²) in [6.07, 6.45) is 0.791. The molecule has 1 amide bonds. The molecule has 128 valence electrons. The molecule has 2 aromatic heterocycles. The zero-order valence-electron chi connectivity index (χ0n) is 14.8. The van der Waals surface area contributed by atoms with Crippen LogP contribution in [0.2, 0.25) is 0 Å². The molecule has 0 aliphatic rings. The SMILES string of the molecule is Cc1cc(C(=O)NC(C)(C)C)nc(-c2ccc3[nH]c(C=O)cc3c2)c1. The van der Waals surface area contributed by atoms with E-state index in [2.05, 4.69) is 15.3 Å². The number of H-pyrrole nitrogens is 1. The predicted octanol–water partition coefficient (Wildman–Crippen LogP) is 3.88. The lowest BCUT2D eigenvalue weighted by Gasteiger charge is -2.20. The van der Waals surface area contributed by atoms with Crippen LogP contribution in [0.3, 0.4) is 0 Å². The van der Waals surface area contributed by atoms with Gasteiger partial charge >= 0.3 is 0 Å². The van der Waals surface area contributed by atoms with Crippen LogP contribution in [0.4, 0.5) is 0 Å². The van der Waals surface area contributed by atoms with Crippen molar-refractivity contribution in [2.45, 2.75) is 33.2 Å². The van der Waals surface area contributed by atoms with Crippen LogP contribution in [0.15, 0.2) is 36.4 Å². The molecular weight excluding hydrogens is 314 g/mol. The Hall–Kier alpha value is -2.95. The van der Waals surface area contributed by atoms with Gasteiger partial charge in [-0.3, -0.25) is 9.59 Å². The molecule has 25 heavy (non-hydrogen) atoms. The Bertz CT molecular complexity index is 965. The van der Waals surface area contributed by atoms with Crippen molar-refractivity contribution >= 4 is 23.1 Å². The van der Waals surface area contributed by atoms with Gasteiger partial charge in [-0.15, -0.1) is 0 Å².